The lowest BCUT2D eigenvalue weighted by molar-refractivity contribution is 0.174. The van der Waals surface area contributed by atoms with E-state index in [1.807, 2.05) is 6.07 Å². The molecule has 10 nitrogen and oxygen atoms in total. The van der Waals surface area contributed by atoms with Crippen molar-refractivity contribution in [3.63, 3.8) is 0 Å². The van der Waals surface area contributed by atoms with Crippen LogP contribution in [0.2, 0.25) is 0 Å². The van der Waals surface area contributed by atoms with Gasteiger partial charge in [0, 0.05) is 5.56 Å². The molecule has 11 heteroatoms. The summed E-state index contributed by atoms with van der Waals surface area (Å²) in [6.07, 6.45) is 0. The highest BCUT2D eigenvalue weighted by molar-refractivity contribution is 7.98. The van der Waals surface area contributed by atoms with E-state index in [1.165, 1.54) is 11.8 Å². The lowest BCUT2D eigenvalue weighted by atomic mass is 10.2. The lowest BCUT2D eigenvalue weighted by Crippen LogP contribution is -2.03. The molecule has 1 aromatic carbocycles. The molecule has 1 aliphatic rings. The third-order valence-corrected chi connectivity index (χ3v) is 3.91. The Labute approximate surface area is 139 Å². The molecule has 0 saturated heterocycles. The van der Waals surface area contributed by atoms with Crippen LogP contribution in [-0.2, 0) is 5.75 Å². The normalized spacial score (nSPS) is 12.5. The van der Waals surface area contributed by atoms with E-state index in [1.54, 1.807) is 12.1 Å². The summed E-state index contributed by atoms with van der Waals surface area (Å²) >= 11 is 1.27. The monoisotopic (exact) mass is 345 g/mol. The molecule has 0 saturated carbocycles. The highest BCUT2D eigenvalue weighted by Crippen LogP contribution is 2.35. The molecule has 4 N–H and O–H groups in total. The van der Waals surface area contributed by atoms with Gasteiger partial charge in [0.2, 0.25) is 30.4 Å². The second-order valence-electron chi connectivity index (χ2n) is 4.70. The number of nitrogens with zero attached hydrogens (tertiary/aromatic N) is 5. The van der Waals surface area contributed by atoms with Gasteiger partial charge < -0.3 is 25.5 Å². The fourth-order valence-electron chi connectivity index (χ4n) is 2.05. The number of hydrogen-bond acceptors (Lipinski definition) is 11. The number of nitrogens with two attached hydrogens (primary N) is 2. The topological polar surface area (TPSA) is 148 Å². The smallest absolute Gasteiger partial charge is 0.237 e. The van der Waals surface area contributed by atoms with Gasteiger partial charge in [-0.2, -0.15) is 19.9 Å². The Morgan fingerprint density at radius 2 is 1.79 bits per heavy atom. The largest absolute Gasteiger partial charge is 0.454 e. The van der Waals surface area contributed by atoms with Crippen molar-refractivity contribution in [1.82, 2.24) is 25.1 Å². The SMILES string of the molecule is Nc1nc(N)nc(SCc2nc(-c3ccc4c(c3)OCO4)no2)n1. The summed E-state index contributed by atoms with van der Waals surface area (Å²) < 4.78 is 15.8. The molecule has 0 fully saturated rings. The lowest BCUT2D eigenvalue weighted by Gasteiger charge is -1.99. The maximum atomic E-state index is 5.52. The number of fused-ring (bicyclic) bond motifs is 1. The van der Waals surface area contributed by atoms with Gasteiger partial charge >= 0.3 is 0 Å². The number of benzene rings is 1. The van der Waals surface area contributed by atoms with E-state index >= 15 is 0 Å². The molecule has 0 atom stereocenters. The summed E-state index contributed by atoms with van der Waals surface area (Å²) in [7, 11) is 0. The second kappa shape index (κ2) is 5.85. The molecule has 3 heterocycles. The fourth-order valence-corrected chi connectivity index (χ4v) is 2.73. The molecule has 4 rings (SSSR count). The van der Waals surface area contributed by atoms with Crippen LogP contribution >= 0.6 is 11.8 Å². The molecule has 2 aromatic heterocycles. The van der Waals surface area contributed by atoms with E-state index in [2.05, 4.69) is 25.1 Å². The maximum absolute atomic E-state index is 5.52. The van der Waals surface area contributed by atoms with E-state index in [0.717, 1.165) is 5.56 Å². The Bertz CT molecular complexity index is 881. The third-order valence-electron chi connectivity index (χ3n) is 3.07. The summed E-state index contributed by atoms with van der Waals surface area (Å²) in [4.78, 5) is 16.0. The molecule has 0 bridgehead atoms. The van der Waals surface area contributed by atoms with Crippen LogP contribution in [0, 0.1) is 0 Å². The Hall–Kier alpha value is -3.08. The van der Waals surface area contributed by atoms with Crippen LogP contribution in [0.4, 0.5) is 11.9 Å². The maximum Gasteiger partial charge on any atom is 0.237 e. The number of nitrogen functional groups attached to an aromatic ring is 2. The highest BCUT2D eigenvalue weighted by Gasteiger charge is 2.17. The van der Waals surface area contributed by atoms with E-state index in [4.69, 9.17) is 25.5 Å². The van der Waals surface area contributed by atoms with Crippen molar-refractivity contribution in [2.45, 2.75) is 10.9 Å². The number of ether oxygens (including phenoxy) is 2. The summed E-state index contributed by atoms with van der Waals surface area (Å²) in [5.41, 5.74) is 11.8. The minimum atomic E-state index is 0.0663. The van der Waals surface area contributed by atoms with Crippen molar-refractivity contribution in [1.29, 1.82) is 0 Å². The Morgan fingerprint density at radius 3 is 2.62 bits per heavy atom. The molecule has 0 unspecified atom stereocenters. The van der Waals surface area contributed by atoms with E-state index in [9.17, 15) is 0 Å². The first kappa shape index (κ1) is 14.5. The quantitative estimate of drug-likeness (QED) is 0.655. The Kier molecular flexibility index (Phi) is 3.54. The van der Waals surface area contributed by atoms with Crippen LogP contribution in [0.1, 0.15) is 5.89 Å². The minimum absolute atomic E-state index is 0.0663. The third kappa shape index (κ3) is 2.88. The average molecular weight is 345 g/mol. The summed E-state index contributed by atoms with van der Waals surface area (Å²) in [6, 6.07) is 5.44. The molecular formula is C13H11N7O3S. The van der Waals surface area contributed by atoms with Crippen LogP contribution in [-0.4, -0.2) is 31.9 Å². The van der Waals surface area contributed by atoms with Crippen LogP contribution < -0.4 is 20.9 Å². The van der Waals surface area contributed by atoms with Gasteiger partial charge in [0.05, 0.1) is 5.75 Å². The minimum Gasteiger partial charge on any atom is -0.454 e. The van der Waals surface area contributed by atoms with Gasteiger partial charge in [-0.25, -0.2) is 0 Å². The van der Waals surface area contributed by atoms with Crippen LogP contribution in [0.25, 0.3) is 11.4 Å². The molecule has 1 aliphatic heterocycles. The summed E-state index contributed by atoms with van der Waals surface area (Å²) in [5, 5.41) is 4.35. The summed E-state index contributed by atoms with van der Waals surface area (Å²) in [5.74, 6) is 2.74. The summed E-state index contributed by atoms with van der Waals surface area (Å²) in [6.45, 7) is 0.213. The van der Waals surface area contributed by atoms with Gasteiger partial charge in [0.1, 0.15) is 0 Å². The van der Waals surface area contributed by atoms with Gasteiger partial charge in [-0.3, -0.25) is 0 Å². The van der Waals surface area contributed by atoms with E-state index in [-0.39, 0.29) is 18.7 Å². The van der Waals surface area contributed by atoms with Crippen molar-refractivity contribution in [2.24, 2.45) is 0 Å². The predicted molar refractivity (Wildman–Crippen MR) is 84.1 cm³/mol. The first-order valence-electron chi connectivity index (χ1n) is 6.80. The molecule has 122 valence electrons. The molecule has 0 spiro atoms. The molecule has 0 amide bonds. The standard InChI is InChI=1S/C13H11N7O3S/c14-11-17-12(15)19-13(18-11)24-4-9-16-10(20-23-9)6-1-2-7-8(3-6)22-5-21-7/h1-3H,4-5H2,(H4,14,15,17,18,19). The van der Waals surface area contributed by atoms with Crippen molar-refractivity contribution < 1.29 is 14.0 Å². The van der Waals surface area contributed by atoms with Crippen LogP contribution in [0.15, 0.2) is 27.9 Å². The van der Waals surface area contributed by atoms with E-state index in [0.29, 0.717) is 34.1 Å². The molecule has 0 radical (unpaired) electrons. The van der Waals surface area contributed by atoms with Gasteiger partial charge in [0.15, 0.2) is 16.7 Å². The zero-order valence-corrected chi connectivity index (χ0v) is 13.0. The van der Waals surface area contributed by atoms with Crippen LogP contribution in [0.3, 0.4) is 0 Å². The predicted octanol–water partition coefficient (Wildman–Crippen LogP) is 1.11. The number of anilines is 2. The second-order valence-corrected chi connectivity index (χ2v) is 5.65. The van der Waals surface area contributed by atoms with Crippen molar-refractivity contribution in [2.75, 3.05) is 18.3 Å². The van der Waals surface area contributed by atoms with E-state index < -0.39 is 0 Å². The van der Waals surface area contributed by atoms with Gasteiger partial charge in [-0.1, -0.05) is 16.9 Å². The zero-order chi connectivity index (χ0) is 16.5. The van der Waals surface area contributed by atoms with Crippen molar-refractivity contribution in [3.05, 3.63) is 24.1 Å². The zero-order valence-electron chi connectivity index (χ0n) is 12.2. The molecular weight excluding hydrogens is 334 g/mol. The number of aromatic nitrogens is 5. The average Bonchev–Trinajstić information content (AvgIpc) is 3.20. The van der Waals surface area contributed by atoms with Crippen LogP contribution in [0.5, 0.6) is 11.5 Å². The van der Waals surface area contributed by atoms with Crippen molar-refractivity contribution in [3.8, 4) is 22.9 Å². The Morgan fingerprint density at radius 1 is 1.00 bits per heavy atom. The van der Waals surface area contributed by atoms with Gasteiger partial charge in [-0.15, -0.1) is 0 Å². The number of rotatable bonds is 4. The number of thioether (sulfide) groups is 1. The fraction of sp³-hybridized carbons (Fsp3) is 0.154. The Balaban J connectivity index is 1.48. The molecule has 0 aliphatic carbocycles. The van der Waals surface area contributed by atoms with Gasteiger partial charge in [0.25, 0.3) is 0 Å². The molecule has 3 aromatic rings. The molecule has 24 heavy (non-hydrogen) atoms. The number of hydrogen-bond donors (Lipinski definition) is 2. The first-order valence-corrected chi connectivity index (χ1v) is 7.78. The first-order chi connectivity index (χ1) is 11.7. The van der Waals surface area contributed by atoms with Gasteiger partial charge in [-0.05, 0) is 18.2 Å². The van der Waals surface area contributed by atoms with Crippen molar-refractivity contribution >= 4 is 23.7 Å². The highest BCUT2D eigenvalue weighted by atomic mass is 32.2.